The summed E-state index contributed by atoms with van der Waals surface area (Å²) in [6.45, 7) is 14.5. The second-order valence-corrected chi connectivity index (χ2v) is 12.8. The third-order valence-electron chi connectivity index (χ3n) is 8.61. The second kappa shape index (κ2) is 15.1. The van der Waals surface area contributed by atoms with Crippen molar-refractivity contribution in [2.75, 3.05) is 26.2 Å². The molecule has 1 fully saturated rings. The number of hydrogen-bond donors (Lipinski definition) is 1. The van der Waals surface area contributed by atoms with Gasteiger partial charge >= 0.3 is 11.7 Å². The highest BCUT2D eigenvalue weighted by Gasteiger charge is 2.31. The van der Waals surface area contributed by atoms with Crippen LogP contribution in [0.2, 0.25) is 0 Å². The maximum atomic E-state index is 15.9. The number of amides is 1. The molecule has 8 nitrogen and oxygen atoms in total. The summed E-state index contributed by atoms with van der Waals surface area (Å²) >= 11 is 0. The van der Waals surface area contributed by atoms with Crippen LogP contribution in [0, 0.1) is 39.4 Å². The Labute approximate surface area is 270 Å². The van der Waals surface area contributed by atoms with Crippen molar-refractivity contribution in [3.63, 3.8) is 0 Å². The first kappa shape index (κ1) is 34.9. The Morgan fingerprint density at radius 2 is 1.76 bits per heavy atom. The first-order chi connectivity index (χ1) is 21.8. The van der Waals surface area contributed by atoms with E-state index in [1.54, 1.807) is 39.1 Å². The van der Waals surface area contributed by atoms with Crippen molar-refractivity contribution in [3.05, 3.63) is 86.3 Å². The molecule has 0 unspecified atom stereocenters. The number of aryl methyl sites for hydroxylation is 4. The molecule has 0 saturated carbocycles. The molecule has 1 aromatic heterocycles. The van der Waals surface area contributed by atoms with Crippen LogP contribution < -0.4 is 11.0 Å². The van der Waals surface area contributed by atoms with Crippen molar-refractivity contribution in [3.8, 4) is 11.1 Å². The summed E-state index contributed by atoms with van der Waals surface area (Å²) in [4.78, 5) is 46.4. The molecular formula is C36H46F2N4O4. The van der Waals surface area contributed by atoms with E-state index in [0.717, 1.165) is 27.8 Å². The van der Waals surface area contributed by atoms with E-state index in [0.29, 0.717) is 43.7 Å². The van der Waals surface area contributed by atoms with E-state index in [1.165, 1.54) is 4.57 Å². The Kier molecular flexibility index (Phi) is 11.5. The molecule has 0 radical (unpaired) electrons. The van der Waals surface area contributed by atoms with Crippen molar-refractivity contribution >= 4 is 11.9 Å². The maximum absolute atomic E-state index is 15.9. The summed E-state index contributed by atoms with van der Waals surface area (Å²) < 4.78 is 35.8. The molecule has 2 atom stereocenters. The number of alkyl halides is 1. The number of likely N-dealkylation sites (tertiary alicyclic amines) is 1. The normalized spacial score (nSPS) is 15.0. The molecular weight excluding hydrogens is 590 g/mol. The lowest BCUT2D eigenvalue weighted by atomic mass is 9.90. The lowest BCUT2D eigenvalue weighted by Gasteiger charge is -2.34. The van der Waals surface area contributed by atoms with Gasteiger partial charge in [-0.2, -0.15) is 4.98 Å². The predicted octanol–water partition coefficient (Wildman–Crippen LogP) is 5.88. The Hall–Kier alpha value is -3.92. The number of carbonyl (C=O) groups excluding carboxylic acids is 2. The summed E-state index contributed by atoms with van der Waals surface area (Å²) in [5.41, 5.74) is 5.07. The van der Waals surface area contributed by atoms with Gasteiger partial charge in [0.25, 0.3) is 0 Å². The molecule has 1 N–H and O–H groups in total. The molecule has 10 heteroatoms. The van der Waals surface area contributed by atoms with Gasteiger partial charge in [-0.05, 0) is 98.9 Å². The van der Waals surface area contributed by atoms with Crippen LogP contribution in [0.1, 0.15) is 79.2 Å². The maximum Gasteiger partial charge on any atom is 0.348 e. The fourth-order valence-electron chi connectivity index (χ4n) is 6.18. The second-order valence-electron chi connectivity index (χ2n) is 12.8. The van der Waals surface area contributed by atoms with Gasteiger partial charge in [-0.15, -0.1) is 0 Å². The largest absolute Gasteiger partial charge is 0.466 e. The quantitative estimate of drug-likeness (QED) is 0.236. The number of benzene rings is 2. The van der Waals surface area contributed by atoms with Gasteiger partial charge in [0, 0.05) is 37.1 Å². The van der Waals surface area contributed by atoms with Gasteiger partial charge in [0.1, 0.15) is 18.0 Å². The fourth-order valence-corrected chi connectivity index (χ4v) is 6.18. The summed E-state index contributed by atoms with van der Waals surface area (Å²) in [5.74, 6) is -1.62. The van der Waals surface area contributed by atoms with E-state index in [2.05, 4.69) is 10.3 Å². The third-order valence-corrected chi connectivity index (χ3v) is 8.61. The van der Waals surface area contributed by atoms with E-state index in [-0.39, 0.29) is 24.5 Å². The number of aromatic nitrogens is 2. The minimum atomic E-state index is -1.06. The lowest BCUT2D eigenvalue weighted by Crippen LogP contribution is -2.49. The van der Waals surface area contributed by atoms with Gasteiger partial charge in [0.15, 0.2) is 0 Å². The molecule has 1 amide bonds. The number of nitrogens with one attached hydrogen (secondary N) is 1. The van der Waals surface area contributed by atoms with Gasteiger partial charge < -0.3 is 10.1 Å². The van der Waals surface area contributed by atoms with Crippen LogP contribution in [0.25, 0.3) is 11.1 Å². The van der Waals surface area contributed by atoms with Crippen LogP contribution >= 0.6 is 0 Å². The van der Waals surface area contributed by atoms with E-state index in [1.807, 2.05) is 50.8 Å². The van der Waals surface area contributed by atoms with Gasteiger partial charge in [-0.25, -0.2) is 13.6 Å². The Bertz CT molecular complexity index is 1610. The molecule has 2 heterocycles. The SMILES string of the molecule is CCOC(=O)C[C@H](NC(=O)[C@H](CC(C)C)n1cc(CCN2CC(F)C2)c(C)nc1=O)c1cc(-c2c(C)cccc2C)cc(C)c1F. The minimum absolute atomic E-state index is 0.0184. The standard InChI is InChI=1S/C36H46F2N4O4/c1-8-46-32(43)17-30(29-16-27(15-24(6)34(29)38)33-22(4)10-9-11-23(33)5)40-35(44)31(14-21(2)3)42-18-26(25(7)39-36(42)45)12-13-41-19-28(37)20-41/h9-11,15-16,18,21,28,30-31H,8,12-14,17,19-20H2,1-7H3,(H,40,44)/t30-,31-/m0/s1. The molecule has 3 aromatic rings. The van der Waals surface area contributed by atoms with Gasteiger partial charge in [-0.3, -0.25) is 19.1 Å². The van der Waals surface area contributed by atoms with Gasteiger partial charge in [-0.1, -0.05) is 32.0 Å². The van der Waals surface area contributed by atoms with Crippen LogP contribution in [-0.2, 0) is 20.7 Å². The molecule has 46 heavy (non-hydrogen) atoms. The molecule has 0 bridgehead atoms. The molecule has 0 spiro atoms. The van der Waals surface area contributed by atoms with E-state index >= 15 is 4.39 Å². The summed E-state index contributed by atoms with van der Waals surface area (Å²) in [6, 6.07) is 7.37. The fraction of sp³-hybridized carbons (Fsp3) is 0.500. The first-order valence-electron chi connectivity index (χ1n) is 16.1. The smallest absolute Gasteiger partial charge is 0.348 e. The van der Waals surface area contributed by atoms with Crippen LogP contribution in [-0.4, -0.2) is 58.7 Å². The zero-order valence-electron chi connectivity index (χ0n) is 28.0. The van der Waals surface area contributed by atoms with Crippen LogP contribution in [0.4, 0.5) is 8.78 Å². The topological polar surface area (TPSA) is 93.5 Å². The first-order valence-corrected chi connectivity index (χ1v) is 16.1. The zero-order chi connectivity index (χ0) is 33.7. The van der Waals surface area contributed by atoms with E-state index in [9.17, 15) is 18.8 Å². The highest BCUT2D eigenvalue weighted by Crippen LogP contribution is 2.34. The van der Waals surface area contributed by atoms with E-state index in [4.69, 9.17) is 4.74 Å². The summed E-state index contributed by atoms with van der Waals surface area (Å²) in [5, 5.41) is 2.92. The number of nitrogens with zero attached hydrogens (tertiary/aromatic N) is 3. The molecule has 1 saturated heterocycles. The Balaban J connectivity index is 1.73. The molecule has 4 rings (SSSR count). The lowest BCUT2D eigenvalue weighted by molar-refractivity contribution is -0.144. The number of carbonyl (C=O) groups is 2. The average molecular weight is 637 g/mol. The van der Waals surface area contributed by atoms with Crippen LogP contribution in [0.15, 0.2) is 41.3 Å². The van der Waals surface area contributed by atoms with Gasteiger partial charge in [0.05, 0.1) is 19.1 Å². The number of esters is 1. The highest BCUT2D eigenvalue weighted by molar-refractivity contribution is 5.82. The third kappa shape index (κ3) is 8.26. The van der Waals surface area contributed by atoms with Crippen molar-refractivity contribution in [2.24, 2.45) is 5.92 Å². The number of rotatable bonds is 13. The number of hydrogen-bond acceptors (Lipinski definition) is 6. The van der Waals surface area contributed by atoms with Crippen molar-refractivity contribution in [2.45, 2.75) is 86.0 Å². The number of halogens is 2. The molecule has 1 aliphatic rings. The molecule has 248 valence electrons. The van der Waals surface area contributed by atoms with Crippen molar-refractivity contribution in [1.29, 1.82) is 0 Å². The summed E-state index contributed by atoms with van der Waals surface area (Å²) in [6.07, 6.45) is 1.41. The minimum Gasteiger partial charge on any atom is -0.466 e. The number of ether oxygens (including phenoxy) is 1. The van der Waals surface area contributed by atoms with Crippen LogP contribution in [0.5, 0.6) is 0 Å². The van der Waals surface area contributed by atoms with Crippen molar-refractivity contribution in [1.82, 2.24) is 19.8 Å². The zero-order valence-corrected chi connectivity index (χ0v) is 28.0. The van der Waals surface area contributed by atoms with Gasteiger partial charge in [0.2, 0.25) is 5.91 Å². The molecule has 0 aliphatic carbocycles. The molecule has 2 aromatic carbocycles. The van der Waals surface area contributed by atoms with E-state index < -0.39 is 41.6 Å². The van der Waals surface area contributed by atoms with Crippen molar-refractivity contribution < 1.29 is 23.1 Å². The molecule has 1 aliphatic heterocycles. The van der Waals surface area contributed by atoms with Crippen LogP contribution in [0.3, 0.4) is 0 Å². The summed E-state index contributed by atoms with van der Waals surface area (Å²) in [7, 11) is 0. The highest BCUT2D eigenvalue weighted by atomic mass is 19.1. The Morgan fingerprint density at radius 1 is 1.09 bits per heavy atom. The Morgan fingerprint density at radius 3 is 2.37 bits per heavy atom. The predicted molar refractivity (Wildman–Crippen MR) is 175 cm³/mol. The monoisotopic (exact) mass is 636 g/mol. The average Bonchev–Trinajstić information content (AvgIpc) is 2.95.